The number of thiophene rings is 1. The van der Waals surface area contributed by atoms with Crippen molar-refractivity contribution in [2.45, 2.75) is 0 Å². The van der Waals surface area contributed by atoms with E-state index in [-0.39, 0.29) is 5.82 Å². The van der Waals surface area contributed by atoms with Crippen molar-refractivity contribution in [3.63, 3.8) is 0 Å². The van der Waals surface area contributed by atoms with Crippen molar-refractivity contribution < 1.29 is 4.42 Å². The molecular weight excluding hydrogens is 258 g/mol. The Morgan fingerprint density at radius 2 is 2.26 bits per heavy atom. The summed E-state index contributed by atoms with van der Waals surface area (Å²) in [7, 11) is 0. The molecule has 2 N–H and O–H groups in total. The molecule has 0 fully saturated rings. The number of aromatic nitrogens is 1. The highest BCUT2D eigenvalue weighted by molar-refractivity contribution is 7.08. The maximum absolute atomic E-state index is 9.21. The Morgan fingerprint density at radius 3 is 2.89 bits per heavy atom. The first kappa shape index (κ1) is 11.5. The van der Waals surface area contributed by atoms with Crippen LogP contribution in [0.25, 0.3) is 22.6 Å². The molecule has 0 aliphatic heterocycles. The molecule has 3 aromatic rings. The number of anilines is 1. The Hall–Kier alpha value is -2.58. The van der Waals surface area contributed by atoms with Gasteiger partial charge in [-0.1, -0.05) is 0 Å². The topological polar surface area (TPSA) is 75.8 Å². The lowest BCUT2D eigenvalue weighted by Gasteiger charge is -2.06. The minimum absolute atomic E-state index is 0.220. The summed E-state index contributed by atoms with van der Waals surface area (Å²) in [4.78, 5) is 4.28. The van der Waals surface area contributed by atoms with Gasteiger partial charge < -0.3 is 10.2 Å². The number of hydrogen-bond acceptors (Lipinski definition) is 5. The van der Waals surface area contributed by atoms with E-state index in [2.05, 4.69) is 11.1 Å². The van der Waals surface area contributed by atoms with Crippen molar-refractivity contribution in [3.8, 4) is 28.7 Å². The lowest BCUT2D eigenvalue weighted by atomic mass is 10.0. The minimum Gasteiger partial charge on any atom is -0.464 e. The standard InChI is InChI=1S/C14H9N3OS/c15-7-11-10(13-2-1-4-18-13)6-12(17-14(11)16)9-3-5-19-8-9/h1-6,8H,(H2,16,17). The Morgan fingerprint density at radius 1 is 1.37 bits per heavy atom. The molecule has 0 aliphatic carbocycles. The minimum atomic E-state index is 0.220. The van der Waals surface area contributed by atoms with E-state index in [4.69, 9.17) is 10.2 Å². The molecule has 0 bridgehead atoms. The van der Waals surface area contributed by atoms with E-state index in [0.29, 0.717) is 16.9 Å². The van der Waals surface area contributed by atoms with Crippen molar-refractivity contribution in [2.75, 3.05) is 5.73 Å². The lowest BCUT2D eigenvalue weighted by molar-refractivity contribution is 0.582. The first-order valence-electron chi connectivity index (χ1n) is 5.56. The van der Waals surface area contributed by atoms with E-state index < -0.39 is 0 Å². The molecule has 3 heterocycles. The van der Waals surface area contributed by atoms with Crippen LogP contribution in [0.1, 0.15) is 5.56 Å². The highest BCUT2D eigenvalue weighted by Crippen LogP contribution is 2.31. The van der Waals surface area contributed by atoms with Crippen LogP contribution in [0.2, 0.25) is 0 Å². The lowest BCUT2D eigenvalue weighted by Crippen LogP contribution is -1.99. The maximum atomic E-state index is 9.21. The van der Waals surface area contributed by atoms with Gasteiger partial charge in [-0.05, 0) is 29.6 Å². The monoisotopic (exact) mass is 267 g/mol. The molecular formula is C14H9N3OS. The van der Waals surface area contributed by atoms with Gasteiger partial charge in [-0.2, -0.15) is 16.6 Å². The van der Waals surface area contributed by atoms with E-state index in [1.165, 1.54) is 0 Å². The number of nitrogens with two attached hydrogens (primary N) is 1. The fourth-order valence-corrected chi connectivity index (χ4v) is 2.52. The SMILES string of the molecule is N#Cc1c(-c2ccco2)cc(-c2ccsc2)nc1N. The van der Waals surface area contributed by atoms with E-state index >= 15 is 0 Å². The molecule has 92 valence electrons. The van der Waals surface area contributed by atoms with Gasteiger partial charge in [-0.3, -0.25) is 0 Å². The van der Waals surface area contributed by atoms with Crippen molar-refractivity contribution in [3.05, 3.63) is 46.9 Å². The van der Waals surface area contributed by atoms with Crippen molar-refractivity contribution in [1.82, 2.24) is 4.98 Å². The van der Waals surface area contributed by atoms with Crippen LogP contribution in [0.3, 0.4) is 0 Å². The van der Waals surface area contributed by atoms with Gasteiger partial charge in [0.15, 0.2) is 0 Å². The molecule has 4 nitrogen and oxygen atoms in total. The highest BCUT2D eigenvalue weighted by Gasteiger charge is 2.15. The summed E-state index contributed by atoms with van der Waals surface area (Å²) in [5.41, 5.74) is 8.60. The van der Waals surface area contributed by atoms with E-state index in [9.17, 15) is 5.26 Å². The van der Waals surface area contributed by atoms with Crippen LogP contribution in [0.15, 0.2) is 45.7 Å². The molecule has 0 aliphatic rings. The van der Waals surface area contributed by atoms with Crippen molar-refractivity contribution in [1.29, 1.82) is 5.26 Å². The largest absolute Gasteiger partial charge is 0.464 e. The Kier molecular flexibility index (Phi) is 2.78. The van der Waals surface area contributed by atoms with E-state index in [1.54, 1.807) is 29.7 Å². The zero-order chi connectivity index (χ0) is 13.2. The van der Waals surface area contributed by atoms with Crippen LogP contribution in [0.5, 0.6) is 0 Å². The average Bonchev–Trinajstić information content (AvgIpc) is 3.11. The zero-order valence-corrected chi connectivity index (χ0v) is 10.6. The van der Waals surface area contributed by atoms with Gasteiger partial charge >= 0.3 is 0 Å². The molecule has 0 unspecified atom stereocenters. The summed E-state index contributed by atoms with van der Waals surface area (Å²) in [5.74, 6) is 0.833. The van der Waals surface area contributed by atoms with Gasteiger partial charge in [0, 0.05) is 16.5 Å². The van der Waals surface area contributed by atoms with Crippen LogP contribution < -0.4 is 5.73 Å². The quantitative estimate of drug-likeness (QED) is 0.770. The summed E-state index contributed by atoms with van der Waals surface area (Å²) in [5, 5.41) is 13.2. The van der Waals surface area contributed by atoms with Gasteiger partial charge in [0.2, 0.25) is 0 Å². The second-order valence-electron chi connectivity index (χ2n) is 3.92. The fraction of sp³-hybridized carbons (Fsp3) is 0. The molecule has 0 spiro atoms. The molecule has 0 saturated heterocycles. The number of nitriles is 1. The fourth-order valence-electron chi connectivity index (χ4n) is 1.87. The van der Waals surface area contributed by atoms with E-state index in [1.807, 2.05) is 22.9 Å². The maximum Gasteiger partial charge on any atom is 0.142 e. The Balaban J connectivity index is 2.25. The first-order valence-corrected chi connectivity index (χ1v) is 6.51. The third kappa shape index (κ3) is 1.98. The molecule has 3 rings (SSSR count). The van der Waals surface area contributed by atoms with Crippen LogP contribution in [-0.2, 0) is 0 Å². The second kappa shape index (κ2) is 4.59. The Bertz CT molecular complexity index is 740. The van der Waals surface area contributed by atoms with Crippen molar-refractivity contribution in [2.24, 2.45) is 0 Å². The van der Waals surface area contributed by atoms with Gasteiger partial charge in [0.25, 0.3) is 0 Å². The van der Waals surface area contributed by atoms with Crippen LogP contribution in [0.4, 0.5) is 5.82 Å². The highest BCUT2D eigenvalue weighted by atomic mass is 32.1. The molecule has 3 aromatic heterocycles. The predicted molar refractivity (Wildman–Crippen MR) is 74.4 cm³/mol. The summed E-state index contributed by atoms with van der Waals surface area (Å²) in [6.45, 7) is 0. The molecule has 0 atom stereocenters. The van der Waals surface area contributed by atoms with E-state index in [0.717, 1.165) is 11.3 Å². The average molecular weight is 267 g/mol. The normalized spacial score (nSPS) is 10.3. The number of furan rings is 1. The van der Waals surface area contributed by atoms with Crippen LogP contribution in [-0.4, -0.2) is 4.98 Å². The number of hydrogen-bond donors (Lipinski definition) is 1. The number of nitrogens with zero attached hydrogens (tertiary/aromatic N) is 2. The Labute approximate surface area is 113 Å². The summed E-state index contributed by atoms with van der Waals surface area (Å²) in [6, 6.07) is 9.45. The van der Waals surface area contributed by atoms with Gasteiger partial charge in [0.05, 0.1) is 12.0 Å². The van der Waals surface area contributed by atoms with Gasteiger partial charge in [-0.25, -0.2) is 4.98 Å². The van der Waals surface area contributed by atoms with Gasteiger partial charge in [-0.15, -0.1) is 0 Å². The van der Waals surface area contributed by atoms with Gasteiger partial charge in [0.1, 0.15) is 23.2 Å². The van der Waals surface area contributed by atoms with Crippen LogP contribution in [0, 0.1) is 11.3 Å². The zero-order valence-electron chi connectivity index (χ0n) is 9.83. The number of pyridine rings is 1. The first-order chi connectivity index (χ1) is 9.29. The summed E-state index contributed by atoms with van der Waals surface area (Å²) >= 11 is 1.58. The smallest absolute Gasteiger partial charge is 0.142 e. The van der Waals surface area contributed by atoms with Crippen LogP contribution >= 0.6 is 11.3 Å². The number of rotatable bonds is 2. The molecule has 19 heavy (non-hydrogen) atoms. The van der Waals surface area contributed by atoms with Crippen molar-refractivity contribution >= 4 is 17.2 Å². The second-order valence-corrected chi connectivity index (χ2v) is 4.70. The summed E-state index contributed by atoms with van der Waals surface area (Å²) in [6.07, 6.45) is 1.57. The third-order valence-electron chi connectivity index (χ3n) is 2.76. The predicted octanol–water partition coefficient (Wildman–Crippen LogP) is 3.52. The summed E-state index contributed by atoms with van der Waals surface area (Å²) < 4.78 is 5.36. The molecule has 0 radical (unpaired) electrons. The number of nitrogen functional groups attached to an aromatic ring is 1. The third-order valence-corrected chi connectivity index (χ3v) is 3.45. The molecule has 0 aromatic carbocycles. The molecule has 0 amide bonds. The molecule has 5 heteroatoms. The molecule has 0 saturated carbocycles.